The maximum Gasteiger partial charge on any atom is 0.111 e. The van der Waals surface area contributed by atoms with Gasteiger partial charge in [0.2, 0.25) is 0 Å². The summed E-state index contributed by atoms with van der Waals surface area (Å²) in [5, 5.41) is 3.40. The molecular weight excluding hydrogens is 250 g/mol. The highest BCUT2D eigenvalue weighted by Gasteiger charge is 2.20. The molecule has 0 radical (unpaired) electrons. The third-order valence-corrected chi connectivity index (χ3v) is 3.83. The summed E-state index contributed by atoms with van der Waals surface area (Å²) in [6.07, 6.45) is 2.23. The van der Waals surface area contributed by atoms with E-state index in [1.54, 1.807) is 0 Å². The quantitative estimate of drug-likeness (QED) is 0.780. The van der Waals surface area contributed by atoms with Crippen molar-refractivity contribution >= 4 is 0 Å². The molecule has 1 aromatic heterocycles. The normalized spacial score (nSPS) is 15.1. The molecule has 1 aliphatic rings. The van der Waals surface area contributed by atoms with Crippen LogP contribution < -0.4 is 5.32 Å². The lowest BCUT2D eigenvalue weighted by molar-refractivity contribution is 0.115. The molecule has 1 aliphatic heterocycles. The summed E-state index contributed by atoms with van der Waals surface area (Å²) < 4.78 is 8.18. The van der Waals surface area contributed by atoms with Gasteiger partial charge in [-0.2, -0.15) is 0 Å². The van der Waals surface area contributed by atoms with Crippen molar-refractivity contribution in [2.45, 2.75) is 59.5 Å². The van der Waals surface area contributed by atoms with E-state index in [1.165, 1.54) is 17.2 Å². The van der Waals surface area contributed by atoms with Crippen LogP contribution >= 0.6 is 0 Å². The lowest BCUT2D eigenvalue weighted by Gasteiger charge is -2.17. The highest BCUT2D eigenvalue weighted by molar-refractivity contribution is 5.21. The minimum absolute atomic E-state index is 0.469. The lowest BCUT2D eigenvalue weighted by Crippen LogP contribution is -2.25. The van der Waals surface area contributed by atoms with Crippen LogP contribution in [0.15, 0.2) is 0 Å². The Kier molecular flexibility index (Phi) is 5.61. The van der Waals surface area contributed by atoms with E-state index in [-0.39, 0.29) is 0 Å². The van der Waals surface area contributed by atoms with Gasteiger partial charge in [-0.05, 0) is 12.3 Å². The van der Waals surface area contributed by atoms with E-state index in [9.17, 15) is 0 Å². The summed E-state index contributed by atoms with van der Waals surface area (Å²) in [5.41, 5.74) is 2.65. The number of ether oxygens (including phenoxy) is 1. The summed E-state index contributed by atoms with van der Waals surface area (Å²) in [6, 6.07) is 0. The molecule has 20 heavy (non-hydrogen) atoms. The van der Waals surface area contributed by atoms with Crippen molar-refractivity contribution < 1.29 is 4.74 Å². The minimum Gasteiger partial charge on any atom is -0.380 e. The Labute approximate surface area is 122 Å². The minimum atomic E-state index is 0.469. The second-order valence-electron chi connectivity index (χ2n) is 6.39. The van der Waals surface area contributed by atoms with E-state index in [0.717, 1.165) is 45.7 Å². The molecule has 114 valence electrons. The van der Waals surface area contributed by atoms with Gasteiger partial charge in [0, 0.05) is 44.3 Å². The van der Waals surface area contributed by atoms with Crippen LogP contribution in [0.5, 0.6) is 0 Å². The molecule has 1 aromatic rings. The number of hydrogen-bond donors (Lipinski definition) is 1. The monoisotopic (exact) mass is 279 g/mol. The number of fused-ring (bicyclic) bond motifs is 1. The third kappa shape index (κ3) is 3.83. The van der Waals surface area contributed by atoms with Crippen molar-refractivity contribution in [1.82, 2.24) is 14.9 Å². The van der Waals surface area contributed by atoms with Crippen LogP contribution in [-0.2, 0) is 24.2 Å². The van der Waals surface area contributed by atoms with Crippen LogP contribution in [0.4, 0.5) is 0 Å². The molecule has 0 unspecified atom stereocenters. The van der Waals surface area contributed by atoms with Gasteiger partial charge in [0.1, 0.15) is 5.82 Å². The van der Waals surface area contributed by atoms with Crippen LogP contribution in [0, 0.1) is 5.92 Å². The lowest BCUT2D eigenvalue weighted by atomic mass is 10.1. The Balaban J connectivity index is 1.97. The van der Waals surface area contributed by atoms with E-state index in [4.69, 9.17) is 9.72 Å². The van der Waals surface area contributed by atoms with Gasteiger partial charge >= 0.3 is 0 Å². The number of nitrogens with zero attached hydrogens (tertiary/aromatic N) is 2. The Morgan fingerprint density at radius 1 is 1.25 bits per heavy atom. The number of hydrogen-bond acceptors (Lipinski definition) is 3. The van der Waals surface area contributed by atoms with Gasteiger partial charge in [0.05, 0.1) is 12.3 Å². The SMILES string of the molecule is CC(C)CCOCCn1c(C(C)C)nc2c1CCNC2. The first-order valence-electron chi connectivity index (χ1n) is 7.96. The van der Waals surface area contributed by atoms with E-state index in [0.29, 0.717) is 11.8 Å². The maximum absolute atomic E-state index is 5.78. The van der Waals surface area contributed by atoms with E-state index in [2.05, 4.69) is 37.6 Å². The van der Waals surface area contributed by atoms with Gasteiger partial charge in [-0.25, -0.2) is 4.98 Å². The van der Waals surface area contributed by atoms with Crippen molar-refractivity contribution in [2.24, 2.45) is 5.92 Å². The topological polar surface area (TPSA) is 39.1 Å². The van der Waals surface area contributed by atoms with Crippen LogP contribution in [0.25, 0.3) is 0 Å². The molecule has 0 bridgehead atoms. The predicted molar refractivity (Wildman–Crippen MR) is 82.0 cm³/mol. The van der Waals surface area contributed by atoms with Crippen molar-refractivity contribution in [3.8, 4) is 0 Å². The summed E-state index contributed by atoms with van der Waals surface area (Å²) in [6.45, 7) is 13.5. The van der Waals surface area contributed by atoms with Crippen molar-refractivity contribution in [3.63, 3.8) is 0 Å². The highest BCUT2D eigenvalue weighted by Crippen LogP contribution is 2.21. The number of rotatable bonds is 7. The largest absolute Gasteiger partial charge is 0.380 e. The standard InChI is InChI=1S/C16H29N3O/c1-12(2)6-9-20-10-8-19-15-5-7-17-11-14(15)18-16(19)13(3)4/h12-13,17H,5-11H2,1-4H3. The van der Waals surface area contributed by atoms with Crippen LogP contribution in [-0.4, -0.2) is 29.3 Å². The highest BCUT2D eigenvalue weighted by atomic mass is 16.5. The maximum atomic E-state index is 5.78. The first-order chi connectivity index (χ1) is 9.59. The molecule has 0 spiro atoms. The second-order valence-corrected chi connectivity index (χ2v) is 6.39. The fraction of sp³-hybridized carbons (Fsp3) is 0.812. The summed E-state index contributed by atoms with van der Waals surface area (Å²) in [7, 11) is 0. The third-order valence-electron chi connectivity index (χ3n) is 3.83. The van der Waals surface area contributed by atoms with Crippen LogP contribution in [0.2, 0.25) is 0 Å². The molecule has 0 amide bonds. The molecule has 2 heterocycles. The molecule has 4 nitrogen and oxygen atoms in total. The molecule has 0 fully saturated rings. The number of imidazole rings is 1. The predicted octanol–water partition coefficient (Wildman–Crippen LogP) is 2.71. The second kappa shape index (κ2) is 7.23. The Morgan fingerprint density at radius 3 is 2.75 bits per heavy atom. The van der Waals surface area contributed by atoms with E-state index in [1.807, 2.05) is 0 Å². The summed E-state index contributed by atoms with van der Waals surface area (Å²) in [4.78, 5) is 4.82. The molecule has 0 aromatic carbocycles. The summed E-state index contributed by atoms with van der Waals surface area (Å²) in [5.74, 6) is 2.40. The molecule has 4 heteroatoms. The van der Waals surface area contributed by atoms with Gasteiger partial charge in [-0.3, -0.25) is 0 Å². The fourth-order valence-corrected chi connectivity index (χ4v) is 2.66. The van der Waals surface area contributed by atoms with Crippen molar-refractivity contribution in [1.29, 1.82) is 0 Å². The van der Waals surface area contributed by atoms with E-state index >= 15 is 0 Å². The zero-order valence-corrected chi connectivity index (χ0v) is 13.4. The first kappa shape index (κ1) is 15.5. The van der Waals surface area contributed by atoms with Gasteiger partial charge in [-0.15, -0.1) is 0 Å². The molecule has 1 N–H and O–H groups in total. The van der Waals surface area contributed by atoms with E-state index < -0.39 is 0 Å². The smallest absolute Gasteiger partial charge is 0.111 e. The molecule has 2 rings (SSSR count). The zero-order valence-electron chi connectivity index (χ0n) is 13.4. The van der Waals surface area contributed by atoms with Crippen molar-refractivity contribution in [2.75, 3.05) is 19.8 Å². The zero-order chi connectivity index (χ0) is 14.5. The van der Waals surface area contributed by atoms with Crippen molar-refractivity contribution in [3.05, 3.63) is 17.2 Å². The average Bonchev–Trinajstić information content (AvgIpc) is 2.77. The number of aromatic nitrogens is 2. The Bertz CT molecular complexity index is 424. The fourth-order valence-electron chi connectivity index (χ4n) is 2.66. The molecule has 0 saturated heterocycles. The van der Waals surface area contributed by atoms with Crippen LogP contribution in [0.3, 0.4) is 0 Å². The molecular formula is C16H29N3O. The average molecular weight is 279 g/mol. The summed E-state index contributed by atoms with van der Waals surface area (Å²) >= 11 is 0. The van der Waals surface area contributed by atoms with Crippen LogP contribution in [0.1, 0.15) is 57.2 Å². The molecule has 0 atom stereocenters. The van der Waals surface area contributed by atoms with Gasteiger partial charge in [0.25, 0.3) is 0 Å². The first-order valence-corrected chi connectivity index (χ1v) is 7.96. The van der Waals surface area contributed by atoms with Gasteiger partial charge in [-0.1, -0.05) is 27.7 Å². The number of nitrogens with one attached hydrogen (secondary N) is 1. The van der Waals surface area contributed by atoms with Gasteiger partial charge in [0.15, 0.2) is 0 Å². The van der Waals surface area contributed by atoms with Gasteiger partial charge < -0.3 is 14.6 Å². The molecule has 0 saturated carbocycles. The molecule has 0 aliphatic carbocycles. The Hall–Kier alpha value is -0.870. The Morgan fingerprint density at radius 2 is 2.05 bits per heavy atom.